The third-order valence-electron chi connectivity index (χ3n) is 6.17. The zero-order valence-corrected chi connectivity index (χ0v) is 22.4. The van der Waals surface area contributed by atoms with Gasteiger partial charge in [-0.1, -0.05) is 39.7 Å². The minimum Gasteiger partial charge on any atom is -0.497 e. The third kappa shape index (κ3) is 5.22. The molecule has 0 radical (unpaired) electrons. The molecular weight excluding hydrogens is 546 g/mol. The van der Waals surface area contributed by atoms with Gasteiger partial charge < -0.3 is 15.0 Å². The van der Waals surface area contributed by atoms with E-state index in [1.807, 2.05) is 65.2 Å². The lowest BCUT2D eigenvalue weighted by atomic mass is 10.1. The highest BCUT2D eigenvalue weighted by molar-refractivity contribution is 9.10. The SMILES string of the molecule is COc1ccc2nc3cc(Cl)ccc3c(NCCCN3C(=O)CCSC3c3ccc(Br)cc3)c2c1. The van der Waals surface area contributed by atoms with E-state index < -0.39 is 0 Å². The molecule has 0 aliphatic carbocycles. The van der Waals surface area contributed by atoms with Gasteiger partial charge in [-0.3, -0.25) is 4.79 Å². The maximum atomic E-state index is 12.8. The Labute approximate surface area is 222 Å². The van der Waals surface area contributed by atoms with Crippen LogP contribution in [0.3, 0.4) is 0 Å². The van der Waals surface area contributed by atoms with Gasteiger partial charge in [-0.2, -0.15) is 0 Å². The maximum Gasteiger partial charge on any atom is 0.224 e. The number of fused-ring (bicyclic) bond motifs is 2. The number of halogens is 2. The Morgan fingerprint density at radius 3 is 2.74 bits per heavy atom. The molecule has 35 heavy (non-hydrogen) atoms. The summed E-state index contributed by atoms with van der Waals surface area (Å²) in [5.74, 6) is 1.85. The Morgan fingerprint density at radius 1 is 1.11 bits per heavy atom. The molecule has 5 rings (SSSR count). The fraction of sp³-hybridized carbons (Fsp3) is 0.259. The second-order valence-electron chi connectivity index (χ2n) is 8.42. The van der Waals surface area contributed by atoms with E-state index in [4.69, 9.17) is 21.3 Å². The van der Waals surface area contributed by atoms with E-state index in [1.165, 1.54) is 0 Å². The highest BCUT2D eigenvalue weighted by Gasteiger charge is 2.29. The number of rotatable bonds is 7. The van der Waals surface area contributed by atoms with Gasteiger partial charge in [0.25, 0.3) is 0 Å². The molecule has 180 valence electrons. The number of pyridine rings is 1. The zero-order valence-electron chi connectivity index (χ0n) is 19.3. The van der Waals surface area contributed by atoms with Gasteiger partial charge in [-0.15, -0.1) is 11.8 Å². The van der Waals surface area contributed by atoms with Crippen molar-refractivity contribution >= 4 is 72.7 Å². The number of aromatic nitrogens is 1. The smallest absolute Gasteiger partial charge is 0.224 e. The Kier molecular flexibility index (Phi) is 7.37. The van der Waals surface area contributed by atoms with Crippen molar-refractivity contribution in [2.75, 3.05) is 31.3 Å². The molecule has 1 aliphatic heterocycles. The van der Waals surface area contributed by atoms with Gasteiger partial charge >= 0.3 is 0 Å². The first-order valence-electron chi connectivity index (χ1n) is 11.5. The lowest BCUT2D eigenvalue weighted by Gasteiger charge is -2.35. The van der Waals surface area contributed by atoms with Gasteiger partial charge in [0.05, 0.1) is 23.8 Å². The van der Waals surface area contributed by atoms with Crippen molar-refractivity contribution in [2.45, 2.75) is 18.2 Å². The second-order valence-corrected chi connectivity index (χ2v) is 11.0. The van der Waals surface area contributed by atoms with E-state index in [0.717, 1.165) is 62.0 Å². The molecule has 1 aromatic heterocycles. The highest BCUT2D eigenvalue weighted by Crippen LogP contribution is 2.38. The predicted molar refractivity (Wildman–Crippen MR) is 150 cm³/mol. The first-order chi connectivity index (χ1) is 17.0. The number of methoxy groups -OCH3 is 1. The lowest BCUT2D eigenvalue weighted by Crippen LogP contribution is -2.38. The summed E-state index contributed by atoms with van der Waals surface area (Å²) in [5, 5.41) is 6.34. The summed E-state index contributed by atoms with van der Waals surface area (Å²) in [6, 6.07) is 19.9. The van der Waals surface area contributed by atoms with Crippen molar-refractivity contribution in [3.8, 4) is 5.75 Å². The minimum absolute atomic E-state index is 0.0540. The molecule has 1 fully saturated rings. The molecule has 1 atom stereocenters. The molecule has 5 nitrogen and oxygen atoms in total. The molecule has 4 aromatic rings. The van der Waals surface area contributed by atoms with Crippen LogP contribution in [0.5, 0.6) is 5.75 Å². The number of hydrogen-bond acceptors (Lipinski definition) is 5. The van der Waals surface area contributed by atoms with Crippen molar-refractivity contribution in [3.05, 3.63) is 75.7 Å². The number of thioether (sulfide) groups is 1. The van der Waals surface area contributed by atoms with E-state index in [-0.39, 0.29) is 11.3 Å². The Morgan fingerprint density at radius 2 is 1.94 bits per heavy atom. The Hall–Kier alpha value is -2.48. The average Bonchev–Trinajstić information content (AvgIpc) is 2.86. The summed E-state index contributed by atoms with van der Waals surface area (Å²) in [4.78, 5) is 19.6. The summed E-state index contributed by atoms with van der Waals surface area (Å²) in [5.41, 5.74) is 3.88. The molecule has 0 saturated carbocycles. The van der Waals surface area contributed by atoms with E-state index in [1.54, 1.807) is 7.11 Å². The van der Waals surface area contributed by atoms with Gasteiger partial charge in [0.15, 0.2) is 0 Å². The zero-order chi connectivity index (χ0) is 24.4. The molecule has 0 bridgehead atoms. The maximum absolute atomic E-state index is 12.8. The Bertz CT molecular complexity index is 1380. The lowest BCUT2D eigenvalue weighted by molar-refractivity contribution is -0.132. The van der Waals surface area contributed by atoms with Crippen LogP contribution < -0.4 is 10.1 Å². The molecule has 0 spiro atoms. The quantitative estimate of drug-likeness (QED) is 0.187. The molecule has 8 heteroatoms. The number of nitrogens with one attached hydrogen (secondary N) is 1. The molecule has 1 aliphatic rings. The van der Waals surface area contributed by atoms with Crippen molar-refractivity contribution in [3.63, 3.8) is 0 Å². The van der Waals surface area contributed by atoms with Gasteiger partial charge in [0, 0.05) is 45.5 Å². The molecular formula is C27H25BrClN3O2S. The number of carbonyl (C=O) groups is 1. The number of hydrogen-bond donors (Lipinski definition) is 1. The minimum atomic E-state index is 0.0540. The van der Waals surface area contributed by atoms with Crippen molar-refractivity contribution in [2.24, 2.45) is 0 Å². The van der Waals surface area contributed by atoms with Gasteiger partial charge in [0.1, 0.15) is 11.1 Å². The van der Waals surface area contributed by atoms with Crippen molar-refractivity contribution in [1.29, 1.82) is 0 Å². The first-order valence-corrected chi connectivity index (χ1v) is 13.7. The van der Waals surface area contributed by atoms with Crippen LogP contribution in [0, 0.1) is 0 Å². The number of amides is 1. The first kappa shape index (κ1) is 24.2. The molecule has 1 unspecified atom stereocenters. The number of carbonyl (C=O) groups excluding carboxylic acids is 1. The summed E-state index contributed by atoms with van der Waals surface area (Å²) < 4.78 is 6.50. The standard InChI is InChI=1S/C27H25BrClN3O2S/c1-34-20-8-10-23-22(16-20)26(21-9-7-19(29)15-24(21)31-23)30-12-2-13-32-25(33)11-14-35-27(32)17-3-5-18(28)6-4-17/h3-10,15-16,27H,2,11-14H2,1H3,(H,30,31). The fourth-order valence-corrected chi connectivity index (χ4v) is 6.14. The van der Waals surface area contributed by atoms with Crippen LogP contribution in [0.25, 0.3) is 21.8 Å². The van der Waals surface area contributed by atoms with Gasteiger partial charge in [-0.05, 0) is 60.5 Å². The van der Waals surface area contributed by atoms with E-state index in [0.29, 0.717) is 18.0 Å². The van der Waals surface area contributed by atoms with Gasteiger partial charge in [-0.25, -0.2) is 4.98 Å². The van der Waals surface area contributed by atoms with E-state index in [9.17, 15) is 4.79 Å². The van der Waals surface area contributed by atoms with E-state index >= 15 is 0 Å². The molecule has 3 aromatic carbocycles. The predicted octanol–water partition coefficient (Wildman–Crippen LogP) is 7.28. The second kappa shape index (κ2) is 10.6. The topological polar surface area (TPSA) is 54.5 Å². The fourth-order valence-electron chi connectivity index (χ4n) is 4.44. The summed E-state index contributed by atoms with van der Waals surface area (Å²) in [6.07, 6.45) is 1.41. The van der Waals surface area contributed by atoms with Crippen LogP contribution in [-0.4, -0.2) is 41.7 Å². The number of anilines is 1. The average molecular weight is 571 g/mol. The van der Waals surface area contributed by atoms with Crippen molar-refractivity contribution < 1.29 is 9.53 Å². The number of benzene rings is 3. The van der Waals surface area contributed by atoms with Crippen LogP contribution in [0.1, 0.15) is 23.8 Å². The van der Waals surface area contributed by atoms with Crippen molar-refractivity contribution in [1.82, 2.24) is 9.88 Å². The van der Waals surface area contributed by atoms with Crippen LogP contribution in [0.2, 0.25) is 5.02 Å². The van der Waals surface area contributed by atoms with Crippen LogP contribution in [0.4, 0.5) is 5.69 Å². The normalized spacial score (nSPS) is 16.1. The highest BCUT2D eigenvalue weighted by atomic mass is 79.9. The molecule has 1 N–H and O–H groups in total. The molecule has 1 amide bonds. The monoisotopic (exact) mass is 569 g/mol. The number of ether oxygens (including phenoxy) is 1. The van der Waals surface area contributed by atoms with Crippen LogP contribution in [0.15, 0.2) is 65.1 Å². The summed E-state index contributed by atoms with van der Waals surface area (Å²) in [6.45, 7) is 1.41. The number of nitrogens with zero attached hydrogens (tertiary/aromatic N) is 2. The Balaban J connectivity index is 1.36. The van der Waals surface area contributed by atoms with Crippen LogP contribution >= 0.6 is 39.3 Å². The molecule has 2 heterocycles. The van der Waals surface area contributed by atoms with E-state index in [2.05, 4.69) is 33.4 Å². The summed E-state index contributed by atoms with van der Waals surface area (Å²) in [7, 11) is 1.66. The van der Waals surface area contributed by atoms with Gasteiger partial charge in [0.2, 0.25) is 5.91 Å². The molecule has 1 saturated heterocycles. The third-order valence-corrected chi connectivity index (χ3v) is 8.22. The summed E-state index contributed by atoms with van der Waals surface area (Å²) >= 11 is 11.6. The van der Waals surface area contributed by atoms with Crippen LogP contribution in [-0.2, 0) is 4.79 Å². The largest absolute Gasteiger partial charge is 0.497 e.